The van der Waals surface area contributed by atoms with Gasteiger partial charge in [-0.2, -0.15) is 0 Å². The number of hydrogen-bond donors (Lipinski definition) is 2. The van der Waals surface area contributed by atoms with Crippen LogP contribution in [0, 0.1) is 5.41 Å². The molecule has 1 aliphatic carbocycles. The molecule has 4 atom stereocenters. The maximum absolute atomic E-state index is 14.5. The van der Waals surface area contributed by atoms with Crippen molar-refractivity contribution in [3.8, 4) is 0 Å². The number of fused-ring (bicyclic) bond motifs is 1. The minimum Gasteiger partial charge on any atom is -0.445 e. The number of ether oxygens (including phenoxy) is 2. The highest BCUT2D eigenvalue weighted by molar-refractivity contribution is 5.95. The molecule has 5 amide bonds. The number of rotatable bonds is 8. The lowest BCUT2D eigenvalue weighted by molar-refractivity contribution is -0.149. The van der Waals surface area contributed by atoms with Gasteiger partial charge in [0.05, 0.1) is 12.6 Å². The van der Waals surface area contributed by atoms with Gasteiger partial charge >= 0.3 is 12.2 Å². The number of benzene rings is 2. The lowest BCUT2D eigenvalue weighted by Gasteiger charge is -2.44. The van der Waals surface area contributed by atoms with Crippen LogP contribution in [0.25, 0.3) is 0 Å². The topological polar surface area (TPSA) is 138 Å². The summed E-state index contributed by atoms with van der Waals surface area (Å²) in [6.07, 6.45) is 1.32. The molecule has 4 rings (SSSR count). The van der Waals surface area contributed by atoms with Crippen molar-refractivity contribution in [2.24, 2.45) is 5.41 Å². The summed E-state index contributed by atoms with van der Waals surface area (Å²) >= 11 is 0. The van der Waals surface area contributed by atoms with Gasteiger partial charge in [0.15, 0.2) is 0 Å². The monoisotopic (exact) mass is 691 g/mol. The quantitative estimate of drug-likeness (QED) is 0.405. The Morgan fingerprint density at radius 1 is 0.940 bits per heavy atom. The number of piperazine rings is 1. The predicted octanol–water partition coefficient (Wildman–Crippen LogP) is 4.82. The minimum absolute atomic E-state index is 0.0500. The van der Waals surface area contributed by atoms with Crippen LogP contribution in [-0.4, -0.2) is 95.0 Å². The average molecular weight is 692 g/mol. The molecule has 1 aliphatic heterocycles. The SMILES string of the molecule is C[C@@H](C(=O)N[C@H](C(=O)N1CCN(C(=O)OCc2ccccc2)C[C@H]1C(=O)N[C@@H]1CCCc2ccccc21)C(C)(C)C)N(C)C(=O)OC(C)(C)C. The molecule has 0 unspecified atom stereocenters. The second-order valence-electron chi connectivity index (χ2n) is 15.3. The summed E-state index contributed by atoms with van der Waals surface area (Å²) in [7, 11) is 1.46. The van der Waals surface area contributed by atoms with Crippen LogP contribution in [-0.2, 0) is 36.9 Å². The summed E-state index contributed by atoms with van der Waals surface area (Å²) in [5.41, 5.74) is 1.52. The standard InChI is InChI=1S/C38H53N5O7/c1-25(41(8)35(47)50-38(5,6)7)32(44)40-31(37(2,3)4)34(46)43-22-21-42(36(48)49-24-26-15-10-9-11-16-26)23-30(43)33(45)39-29-20-14-18-27-17-12-13-19-28(27)29/h9-13,15-17,19,25,29-31H,14,18,20-24H2,1-8H3,(H,39,45)(H,40,44)/t25-,29+,30-,31+/m0/s1. The number of nitrogens with zero attached hydrogens (tertiary/aromatic N) is 3. The van der Waals surface area contributed by atoms with Crippen LogP contribution in [0.2, 0.25) is 0 Å². The second-order valence-corrected chi connectivity index (χ2v) is 15.3. The zero-order valence-electron chi connectivity index (χ0n) is 30.7. The van der Waals surface area contributed by atoms with E-state index in [4.69, 9.17) is 9.47 Å². The van der Waals surface area contributed by atoms with E-state index in [9.17, 15) is 24.0 Å². The van der Waals surface area contributed by atoms with Crippen LogP contribution in [0.4, 0.5) is 9.59 Å². The van der Waals surface area contributed by atoms with Crippen molar-refractivity contribution >= 4 is 29.9 Å². The second kappa shape index (κ2) is 15.9. The first-order valence-corrected chi connectivity index (χ1v) is 17.4. The molecular weight excluding hydrogens is 638 g/mol. The van der Waals surface area contributed by atoms with E-state index in [-0.39, 0.29) is 32.3 Å². The van der Waals surface area contributed by atoms with Crippen molar-refractivity contribution in [3.05, 3.63) is 71.3 Å². The van der Waals surface area contributed by atoms with E-state index < -0.39 is 59.0 Å². The predicted molar refractivity (Wildman–Crippen MR) is 189 cm³/mol. The van der Waals surface area contributed by atoms with E-state index in [0.29, 0.717) is 0 Å². The average Bonchev–Trinajstić information content (AvgIpc) is 3.07. The van der Waals surface area contributed by atoms with E-state index in [2.05, 4.69) is 16.7 Å². The van der Waals surface area contributed by atoms with Gasteiger partial charge in [-0.1, -0.05) is 75.4 Å². The number of carbonyl (C=O) groups excluding carboxylic acids is 5. The van der Waals surface area contributed by atoms with Gasteiger partial charge in [0, 0.05) is 20.1 Å². The van der Waals surface area contributed by atoms with Gasteiger partial charge in [-0.05, 0) is 69.1 Å². The highest BCUT2D eigenvalue weighted by Crippen LogP contribution is 2.30. The van der Waals surface area contributed by atoms with Crippen LogP contribution in [0.1, 0.15) is 84.0 Å². The number of amides is 5. The lowest BCUT2D eigenvalue weighted by Crippen LogP contribution is -2.66. The highest BCUT2D eigenvalue weighted by Gasteiger charge is 2.44. The Morgan fingerprint density at radius 3 is 2.26 bits per heavy atom. The van der Waals surface area contributed by atoms with Gasteiger partial charge < -0.3 is 29.9 Å². The fourth-order valence-corrected chi connectivity index (χ4v) is 6.16. The molecule has 0 bridgehead atoms. The summed E-state index contributed by atoms with van der Waals surface area (Å²) in [6, 6.07) is 14.0. The van der Waals surface area contributed by atoms with Gasteiger partial charge in [-0.15, -0.1) is 0 Å². The molecule has 0 spiro atoms. The Balaban J connectivity index is 1.56. The van der Waals surface area contributed by atoms with Crippen LogP contribution >= 0.6 is 0 Å². The summed E-state index contributed by atoms with van der Waals surface area (Å²) in [5, 5.41) is 6.03. The molecule has 2 aromatic carbocycles. The fraction of sp³-hybridized carbons (Fsp3) is 0.553. The number of carbonyl (C=O) groups is 5. The first kappa shape index (κ1) is 38.2. The minimum atomic E-state index is -1.05. The zero-order chi connectivity index (χ0) is 36.8. The molecule has 2 N–H and O–H groups in total. The molecule has 2 aromatic rings. The molecule has 12 heteroatoms. The van der Waals surface area contributed by atoms with Crippen LogP contribution in [0.3, 0.4) is 0 Å². The summed E-state index contributed by atoms with van der Waals surface area (Å²) < 4.78 is 11.0. The van der Waals surface area contributed by atoms with Crippen molar-refractivity contribution in [2.45, 2.75) is 104 Å². The molecule has 1 heterocycles. The molecule has 272 valence electrons. The van der Waals surface area contributed by atoms with Crippen LogP contribution in [0.5, 0.6) is 0 Å². The third-order valence-electron chi connectivity index (χ3n) is 9.16. The Labute approximate surface area is 295 Å². The third-order valence-corrected chi connectivity index (χ3v) is 9.16. The summed E-state index contributed by atoms with van der Waals surface area (Å²) in [6.45, 7) is 12.4. The van der Waals surface area contributed by atoms with E-state index in [1.54, 1.807) is 27.7 Å². The first-order valence-electron chi connectivity index (χ1n) is 17.4. The molecule has 50 heavy (non-hydrogen) atoms. The Bertz CT molecular complexity index is 1530. The summed E-state index contributed by atoms with van der Waals surface area (Å²) in [4.78, 5) is 72.3. The van der Waals surface area contributed by atoms with Gasteiger partial charge in [0.25, 0.3) is 0 Å². The van der Waals surface area contributed by atoms with E-state index >= 15 is 0 Å². The summed E-state index contributed by atoms with van der Waals surface area (Å²) in [5.74, 6) is -1.40. The van der Waals surface area contributed by atoms with Crippen molar-refractivity contribution < 1.29 is 33.4 Å². The van der Waals surface area contributed by atoms with Crippen molar-refractivity contribution in [1.29, 1.82) is 0 Å². The largest absolute Gasteiger partial charge is 0.445 e. The first-order chi connectivity index (χ1) is 23.5. The van der Waals surface area contributed by atoms with Crippen molar-refractivity contribution in [1.82, 2.24) is 25.3 Å². The Morgan fingerprint density at radius 2 is 1.60 bits per heavy atom. The van der Waals surface area contributed by atoms with Crippen molar-refractivity contribution in [2.75, 3.05) is 26.7 Å². The third kappa shape index (κ3) is 9.76. The molecule has 0 saturated carbocycles. The number of nitrogens with one attached hydrogen (secondary N) is 2. The maximum Gasteiger partial charge on any atom is 0.410 e. The zero-order valence-corrected chi connectivity index (χ0v) is 30.7. The van der Waals surface area contributed by atoms with Gasteiger partial charge in [-0.3, -0.25) is 19.3 Å². The van der Waals surface area contributed by atoms with E-state index in [1.165, 1.54) is 27.3 Å². The molecule has 1 saturated heterocycles. The molecular formula is C38H53N5O7. The normalized spacial score (nSPS) is 19.0. The van der Waals surface area contributed by atoms with Crippen molar-refractivity contribution in [3.63, 3.8) is 0 Å². The number of likely N-dealkylation sites (N-methyl/N-ethyl adjacent to an activating group) is 1. The highest BCUT2D eigenvalue weighted by atomic mass is 16.6. The van der Waals surface area contributed by atoms with Crippen LogP contribution in [0.15, 0.2) is 54.6 Å². The lowest BCUT2D eigenvalue weighted by atomic mass is 9.85. The maximum atomic E-state index is 14.5. The van der Waals surface area contributed by atoms with E-state index in [1.807, 2.05) is 69.3 Å². The van der Waals surface area contributed by atoms with Crippen LogP contribution < -0.4 is 10.6 Å². The molecule has 0 aromatic heterocycles. The molecule has 2 aliphatic rings. The van der Waals surface area contributed by atoms with E-state index in [0.717, 1.165) is 30.4 Å². The fourth-order valence-electron chi connectivity index (χ4n) is 6.16. The number of hydrogen-bond acceptors (Lipinski definition) is 7. The Hall–Kier alpha value is -4.61. The Kier molecular flexibility index (Phi) is 12.2. The molecule has 0 radical (unpaired) electrons. The van der Waals surface area contributed by atoms with Gasteiger partial charge in [0.1, 0.15) is 30.3 Å². The number of aryl methyl sites for hydroxylation is 1. The smallest absolute Gasteiger partial charge is 0.410 e. The molecule has 1 fully saturated rings. The van der Waals surface area contributed by atoms with Gasteiger partial charge in [0.2, 0.25) is 17.7 Å². The molecule has 12 nitrogen and oxygen atoms in total. The van der Waals surface area contributed by atoms with Gasteiger partial charge in [-0.25, -0.2) is 9.59 Å².